The second kappa shape index (κ2) is 8.71. The molecule has 3 aromatic rings. The Morgan fingerprint density at radius 3 is 2.47 bits per heavy atom. The predicted molar refractivity (Wildman–Crippen MR) is 120 cm³/mol. The number of carbonyl (C=O) groups is 2. The Kier molecular flexibility index (Phi) is 5.86. The summed E-state index contributed by atoms with van der Waals surface area (Å²) in [5.74, 6) is 0.0501. The van der Waals surface area contributed by atoms with Gasteiger partial charge < -0.3 is 15.2 Å². The van der Waals surface area contributed by atoms with Gasteiger partial charge in [0.05, 0.1) is 12.1 Å². The minimum atomic E-state index is -0.0110. The molecule has 1 saturated heterocycles. The van der Waals surface area contributed by atoms with Gasteiger partial charge >= 0.3 is 0 Å². The number of aryl methyl sites for hydroxylation is 2. The number of aromatic amines is 1. The summed E-state index contributed by atoms with van der Waals surface area (Å²) in [7, 11) is 0. The minimum absolute atomic E-state index is 0.0110. The van der Waals surface area contributed by atoms with Crippen LogP contribution in [0.15, 0.2) is 48.5 Å². The molecule has 2 heterocycles. The Bertz CT molecular complexity index is 1060. The lowest BCUT2D eigenvalue weighted by Gasteiger charge is -2.34. The van der Waals surface area contributed by atoms with E-state index in [-0.39, 0.29) is 11.8 Å². The molecule has 2 N–H and O–H groups in total. The zero-order valence-electron chi connectivity index (χ0n) is 17.6. The number of benzene rings is 2. The molecule has 1 aliphatic heterocycles. The summed E-state index contributed by atoms with van der Waals surface area (Å²) in [6.07, 6.45) is 0.879. The molecule has 30 heavy (non-hydrogen) atoms. The molecule has 1 aromatic heterocycles. The molecule has 156 valence electrons. The van der Waals surface area contributed by atoms with Crippen molar-refractivity contribution >= 4 is 28.4 Å². The first kappa shape index (κ1) is 20.2. The summed E-state index contributed by atoms with van der Waals surface area (Å²) in [5.41, 5.74) is 4.66. The molecule has 0 atom stereocenters. The van der Waals surface area contributed by atoms with Gasteiger partial charge in [0.25, 0.3) is 5.91 Å². The number of hydrogen-bond donors (Lipinski definition) is 2. The number of para-hydroxylation sites is 2. The molecule has 0 radical (unpaired) electrons. The lowest BCUT2D eigenvalue weighted by Crippen LogP contribution is -2.50. The van der Waals surface area contributed by atoms with Gasteiger partial charge in [-0.2, -0.15) is 0 Å². The van der Waals surface area contributed by atoms with Crippen LogP contribution in [0.1, 0.15) is 28.5 Å². The number of H-pyrrole nitrogens is 1. The summed E-state index contributed by atoms with van der Waals surface area (Å²) >= 11 is 0. The number of hydrogen-bond acceptors (Lipinski definition) is 3. The number of carbonyl (C=O) groups excluding carboxylic acids is 2. The quantitative estimate of drug-likeness (QED) is 0.685. The third-order valence-electron chi connectivity index (χ3n) is 5.81. The molecule has 1 aliphatic rings. The van der Waals surface area contributed by atoms with Crippen LogP contribution in [0.5, 0.6) is 0 Å². The number of anilines is 1. The predicted octanol–water partition coefficient (Wildman–Crippen LogP) is 3.44. The average molecular weight is 405 g/mol. The molecule has 6 nitrogen and oxygen atoms in total. The fraction of sp³-hybridized carbons (Fsp3) is 0.333. The van der Waals surface area contributed by atoms with Gasteiger partial charge in [-0.05, 0) is 31.0 Å². The van der Waals surface area contributed by atoms with Crippen LogP contribution in [-0.4, -0.2) is 59.3 Å². The molecular formula is C24H28N4O2. The molecule has 2 amide bonds. The van der Waals surface area contributed by atoms with Crippen LogP contribution in [0.4, 0.5) is 5.69 Å². The Balaban J connectivity index is 1.35. The summed E-state index contributed by atoms with van der Waals surface area (Å²) in [6, 6.07) is 15.8. The fourth-order valence-electron chi connectivity index (χ4n) is 4.16. The number of nitrogens with zero attached hydrogens (tertiary/aromatic N) is 2. The van der Waals surface area contributed by atoms with Crippen LogP contribution in [0.2, 0.25) is 0 Å². The highest BCUT2D eigenvalue weighted by atomic mass is 16.2. The first-order chi connectivity index (χ1) is 14.6. The second-order valence-electron chi connectivity index (χ2n) is 7.80. The molecule has 0 saturated carbocycles. The van der Waals surface area contributed by atoms with Crippen LogP contribution in [0, 0.1) is 6.92 Å². The van der Waals surface area contributed by atoms with E-state index in [1.165, 1.54) is 0 Å². The molecule has 0 unspecified atom stereocenters. The first-order valence-electron chi connectivity index (χ1n) is 10.5. The molecule has 6 heteroatoms. The fourth-order valence-corrected chi connectivity index (χ4v) is 4.16. The maximum absolute atomic E-state index is 13.1. The number of amides is 2. The van der Waals surface area contributed by atoms with E-state index < -0.39 is 0 Å². The van der Waals surface area contributed by atoms with Gasteiger partial charge in [0.15, 0.2) is 0 Å². The van der Waals surface area contributed by atoms with Crippen molar-refractivity contribution in [1.29, 1.82) is 0 Å². The SMILES string of the molecule is CCc1ccccc1NC(=O)CN1CCN(C(=O)c2c(C)[nH]c3ccccc23)CC1. The Hall–Kier alpha value is -3.12. The van der Waals surface area contributed by atoms with Crippen molar-refractivity contribution in [1.82, 2.24) is 14.8 Å². The van der Waals surface area contributed by atoms with E-state index in [1.54, 1.807) is 0 Å². The number of rotatable bonds is 5. The molecular weight excluding hydrogens is 376 g/mol. The van der Waals surface area contributed by atoms with Crippen molar-refractivity contribution < 1.29 is 9.59 Å². The monoisotopic (exact) mass is 404 g/mol. The van der Waals surface area contributed by atoms with Gasteiger partial charge in [-0.25, -0.2) is 0 Å². The highest BCUT2D eigenvalue weighted by Crippen LogP contribution is 2.24. The Labute approximate surface area is 176 Å². The molecule has 0 aliphatic carbocycles. The van der Waals surface area contributed by atoms with Gasteiger partial charge in [0.1, 0.15) is 0 Å². The van der Waals surface area contributed by atoms with E-state index in [0.29, 0.717) is 32.7 Å². The maximum atomic E-state index is 13.1. The lowest BCUT2D eigenvalue weighted by atomic mass is 10.1. The topological polar surface area (TPSA) is 68.4 Å². The second-order valence-corrected chi connectivity index (χ2v) is 7.80. The van der Waals surface area contributed by atoms with Crippen molar-refractivity contribution in [2.75, 3.05) is 38.0 Å². The van der Waals surface area contributed by atoms with Crippen LogP contribution >= 0.6 is 0 Å². The minimum Gasteiger partial charge on any atom is -0.358 e. The third-order valence-corrected chi connectivity index (χ3v) is 5.81. The smallest absolute Gasteiger partial charge is 0.256 e. The normalized spacial score (nSPS) is 14.8. The number of nitrogens with one attached hydrogen (secondary N) is 2. The zero-order valence-corrected chi connectivity index (χ0v) is 17.6. The molecule has 0 bridgehead atoms. The van der Waals surface area contributed by atoms with Crippen molar-refractivity contribution in [3.63, 3.8) is 0 Å². The van der Waals surface area contributed by atoms with Crippen molar-refractivity contribution in [3.8, 4) is 0 Å². The van der Waals surface area contributed by atoms with Gasteiger partial charge in [-0.15, -0.1) is 0 Å². The van der Waals surface area contributed by atoms with Crippen LogP contribution in [-0.2, 0) is 11.2 Å². The summed E-state index contributed by atoms with van der Waals surface area (Å²) in [5, 5.41) is 4.00. The maximum Gasteiger partial charge on any atom is 0.256 e. The van der Waals surface area contributed by atoms with Crippen molar-refractivity contribution in [2.24, 2.45) is 0 Å². The molecule has 2 aromatic carbocycles. The average Bonchev–Trinajstić information content (AvgIpc) is 3.09. The van der Waals surface area contributed by atoms with E-state index in [2.05, 4.69) is 22.1 Å². The zero-order chi connectivity index (χ0) is 21.1. The van der Waals surface area contributed by atoms with Gasteiger partial charge in [-0.3, -0.25) is 14.5 Å². The number of aromatic nitrogens is 1. The van der Waals surface area contributed by atoms with E-state index in [0.717, 1.165) is 39.8 Å². The van der Waals surface area contributed by atoms with Crippen molar-refractivity contribution in [2.45, 2.75) is 20.3 Å². The highest BCUT2D eigenvalue weighted by molar-refractivity contribution is 6.08. The van der Waals surface area contributed by atoms with Crippen molar-refractivity contribution in [3.05, 3.63) is 65.4 Å². The summed E-state index contributed by atoms with van der Waals surface area (Å²) in [6.45, 7) is 6.99. The summed E-state index contributed by atoms with van der Waals surface area (Å²) in [4.78, 5) is 33.0. The number of fused-ring (bicyclic) bond motifs is 1. The molecule has 1 fully saturated rings. The van der Waals surface area contributed by atoms with Crippen LogP contribution < -0.4 is 5.32 Å². The number of piperazine rings is 1. The van der Waals surface area contributed by atoms with Crippen LogP contribution in [0.25, 0.3) is 10.9 Å². The standard InChI is InChI=1S/C24H28N4O2/c1-3-18-8-4-6-10-20(18)26-22(29)16-27-12-14-28(15-13-27)24(30)23-17(2)25-21-11-7-5-9-19(21)23/h4-11,25H,3,12-16H2,1-2H3,(H,26,29). The van der Waals surface area contributed by atoms with E-state index in [4.69, 9.17) is 0 Å². The third kappa shape index (κ3) is 4.09. The largest absolute Gasteiger partial charge is 0.358 e. The van der Waals surface area contributed by atoms with Gasteiger partial charge in [0.2, 0.25) is 5.91 Å². The van der Waals surface area contributed by atoms with E-state index in [9.17, 15) is 9.59 Å². The lowest BCUT2D eigenvalue weighted by molar-refractivity contribution is -0.117. The highest BCUT2D eigenvalue weighted by Gasteiger charge is 2.26. The first-order valence-corrected chi connectivity index (χ1v) is 10.5. The Morgan fingerprint density at radius 1 is 1.00 bits per heavy atom. The van der Waals surface area contributed by atoms with Crippen LogP contribution in [0.3, 0.4) is 0 Å². The molecule has 0 spiro atoms. The Morgan fingerprint density at radius 2 is 1.70 bits per heavy atom. The van der Waals surface area contributed by atoms with E-state index in [1.807, 2.05) is 60.4 Å². The molecule has 4 rings (SSSR count). The van der Waals surface area contributed by atoms with Gasteiger partial charge in [0, 0.05) is 48.5 Å². The van der Waals surface area contributed by atoms with Gasteiger partial charge in [-0.1, -0.05) is 43.3 Å². The summed E-state index contributed by atoms with van der Waals surface area (Å²) < 4.78 is 0. The van der Waals surface area contributed by atoms with E-state index >= 15 is 0 Å².